The SMILES string of the molecule is CCCC/C(=C/C(CC(C)=O)c1ccccc1)C[Si](C)(C)C. The van der Waals surface area contributed by atoms with E-state index in [1.165, 1.54) is 30.9 Å². The van der Waals surface area contributed by atoms with Gasteiger partial charge in [0.05, 0.1) is 0 Å². The van der Waals surface area contributed by atoms with E-state index in [0.717, 1.165) is 0 Å². The Kier molecular flexibility index (Phi) is 7.81. The Morgan fingerprint density at radius 2 is 1.82 bits per heavy atom. The second-order valence-corrected chi connectivity index (χ2v) is 13.1. The van der Waals surface area contributed by atoms with Gasteiger partial charge in [-0.05, 0) is 31.4 Å². The molecule has 0 radical (unpaired) electrons. The molecule has 0 saturated carbocycles. The summed E-state index contributed by atoms with van der Waals surface area (Å²) in [6.07, 6.45) is 6.68. The van der Waals surface area contributed by atoms with Crippen LogP contribution in [0.15, 0.2) is 42.0 Å². The molecule has 0 spiro atoms. The molecular weight excluding hydrogens is 284 g/mol. The number of rotatable bonds is 9. The molecule has 1 atom stereocenters. The average molecular weight is 317 g/mol. The molecule has 0 amide bonds. The fourth-order valence-corrected chi connectivity index (χ4v) is 4.54. The van der Waals surface area contributed by atoms with E-state index in [1.54, 1.807) is 12.5 Å². The molecule has 0 N–H and O–H groups in total. The fourth-order valence-electron chi connectivity index (χ4n) is 2.88. The van der Waals surface area contributed by atoms with E-state index >= 15 is 0 Å². The Bertz CT molecular complexity index is 482. The van der Waals surface area contributed by atoms with Gasteiger partial charge in [-0.15, -0.1) is 0 Å². The quantitative estimate of drug-likeness (QED) is 0.391. The van der Waals surface area contributed by atoms with Crippen molar-refractivity contribution in [3.63, 3.8) is 0 Å². The van der Waals surface area contributed by atoms with Crippen molar-refractivity contribution < 1.29 is 4.79 Å². The molecule has 1 rings (SSSR count). The lowest BCUT2D eigenvalue weighted by atomic mass is 9.91. The number of Topliss-reactive ketones (excluding diaryl/α,β-unsaturated/α-hetero) is 1. The molecule has 1 nitrogen and oxygen atoms in total. The first-order chi connectivity index (χ1) is 10.3. The zero-order chi connectivity index (χ0) is 16.6. The molecule has 0 aliphatic carbocycles. The van der Waals surface area contributed by atoms with Gasteiger partial charge in [0.25, 0.3) is 0 Å². The van der Waals surface area contributed by atoms with Crippen molar-refractivity contribution in [3.8, 4) is 0 Å². The number of hydrogen-bond acceptors (Lipinski definition) is 1. The van der Waals surface area contributed by atoms with Gasteiger partial charge in [0.15, 0.2) is 0 Å². The molecule has 0 bridgehead atoms. The monoisotopic (exact) mass is 316 g/mol. The van der Waals surface area contributed by atoms with Gasteiger partial charge in [-0.3, -0.25) is 4.79 Å². The number of carbonyl (C=O) groups excluding carboxylic acids is 1. The Morgan fingerprint density at radius 1 is 1.18 bits per heavy atom. The van der Waals surface area contributed by atoms with E-state index in [2.05, 4.69) is 56.9 Å². The molecule has 0 fully saturated rings. The lowest BCUT2D eigenvalue weighted by molar-refractivity contribution is -0.117. The second kappa shape index (κ2) is 9.09. The van der Waals surface area contributed by atoms with Crippen molar-refractivity contribution >= 4 is 13.9 Å². The van der Waals surface area contributed by atoms with E-state index in [0.29, 0.717) is 6.42 Å². The molecule has 1 aromatic rings. The number of hydrogen-bond donors (Lipinski definition) is 0. The summed E-state index contributed by atoms with van der Waals surface area (Å²) in [6.45, 7) is 11.2. The maximum atomic E-state index is 11.7. The first-order valence-corrected chi connectivity index (χ1v) is 12.3. The molecule has 122 valence electrons. The highest BCUT2D eigenvalue weighted by Crippen LogP contribution is 2.28. The predicted molar refractivity (Wildman–Crippen MR) is 100 cm³/mol. The van der Waals surface area contributed by atoms with E-state index in [1.807, 2.05) is 6.07 Å². The van der Waals surface area contributed by atoms with Crippen molar-refractivity contribution in [3.05, 3.63) is 47.5 Å². The topological polar surface area (TPSA) is 17.1 Å². The number of allylic oxidation sites excluding steroid dienone is 2. The molecular formula is C20H32OSi. The van der Waals surface area contributed by atoms with Gasteiger partial charge in [-0.2, -0.15) is 0 Å². The summed E-state index contributed by atoms with van der Waals surface area (Å²) in [7, 11) is -1.13. The van der Waals surface area contributed by atoms with Crippen LogP contribution in [-0.2, 0) is 4.79 Å². The molecule has 2 heteroatoms. The highest BCUT2D eigenvalue weighted by atomic mass is 28.3. The minimum Gasteiger partial charge on any atom is -0.300 e. The van der Waals surface area contributed by atoms with Crippen LogP contribution in [0.3, 0.4) is 0 Å². The maximum Gasteiger partial charge on any atom is 0.130 e. The molecule has 22 heavy (non-hydrogen) atoms. The van der Waals surface area contributed by atoms with Gasteiger partial charge >= 0.3 is 0 Å². The van der Waals surface area contributed by atoms with Crippen LogP contribution < -0.4 is 0 Å². The Hall–Kier alpha value is -1.15. The molecule has 0 heterocycles. The summed E-state index contributed by atoms with van der Waals surface area (Å²) < 4.78 is 0. The maximum absolute atomic E-state index is 11.7. The van der Waals surface area contributed by atoms with Crippen LogP contribution in [0.4, 0.5) is 0 Å². The summed E-state index contributed by atoms with van der Waals surface area (Å²) in [5, 5.41) is 0. The Balaban J connectivity index is 3.04. The predicted octanol–water partition coefficient (Wildman–Crippen LogP) is 6.20. The van der Waals surface area contributed by atoms with Gasteiger partial charge in [-0.25, -0.2) is 0 Å². The summed E-state index contributed by atoms with van der Waals surface area (Å²) in [5.41, 5.74) is 2.83. The third-order valence-corrected chi connectivity index (χ3v) is 5.30. The zero-order valence-corrected chi connectivity index (χ0v) is 16.0. The Morgan fingerprint density at radius 3 is 2.32 bits per heavy atom. The first-order valence-electron chi connectivity index (χ1n) is 8.56. The number of ketones is 1. The van der Waals surface area contributed by atoms with Crippen molar-refractivity contribution in [1.82, 2.24) is 0 Å². The lowest BCUT2D eigenvalue weighted by Gasteiger charge is -2.21. The van der Waals surface area contributed by atoms with E-state index < -0.39 is 8.07 Å². The molecule has 1 unspecified atom stereocenters. The molecule has 1 aromatic carbocycles. The molecule has 0 aliphatic heterocycles. The highest BCUT2D eigenvalue weighted by molar-refractivity contribution is 6.76. The number of benzene rings is 1. The zero-order valence-electron chi connectivity index (χ0n) is 15.0. The van der Waals surface area contributed by atoms with Crippen LogP contribution in [0, 0.1) is 0 Å². The van der Waals surface area contributed by atoms with Gasteiger partial charge < -0.3 is 0 Å². The summed E-state index contributed by atoms with van der Waals surface area (Å²) >= 11 is 0. The van der Waals surface area contributed by atoms with Gasteiger partial charge in [-0.1, -0.05) is 75.0 Å². The van der Waals surface area contributed by atoms with Gasteiger partial charge in [0, 0.05) is 20.4 Å². The minimum absolute atomic E-state index is 0.238. The molecule has 0 aromatic heterocycles. The van der Waals surface area contributed by atoms with Crippen molar-refractivity contribution in [1.29, 1.82) is 0 Å². The first kappa shape index (κ1) is 18.9. The van der Waals surface area contributed by atoms with Crippen LogP contribution in [0.1, 0.15) is 51.0 Å². The lowest BCUT2D eigenvalue weighted by Crippen LogP contribution is -2.20. The van der Waals surface area contributed by atoms with Crippen molar-refractivity contribution in [2.45, 2.75) is 71.1 Å². The van der Waals surface area contributed by atoms with E-state index in [-0.39, 0.29) is 11.7 Å². The number of unbranched alkanes of at least 4 members (excludes halogenated alkanes) is 1. The van der Waals surface area contributed by atoms with Gasteiger partial charge in [0.1, 0.15) is 5.78 Å². The highest BCUT2D eigenvalue weighted by Gasteiger charge is 2.18. The third-order valence-electron chi connectivity index (χ3n) is 3.78. The van der Waals surface area contributed by atoms with Crippen LogP contribution in [0.5, 0.6) is 0 Å². The fraction of sp³-hybridized carbons (Fsp3) is 0.550. The largest absolute Gasteiger partial charge is 0.300 e. The summed E-state index contributed by atoms with van der Waals surface area (Å²) in [4.78, 5) is 11.7. The van der Waals surface area contributed by atoms with Crippen LogP contribution >= 0.6 is 0 Å². The third kappa shape index (κ3) is 7.74. The normalized spacial score (nSPS) is 14.0. The summed E-state index contributed by atoms with van der Waals surface area (Å²) in [6, 6.07) is 11.7. The molecule has 0 saturated heterocycles. The molecule has 0 aliphatic rings. The number of carbonyl (C=O) groups is 1. The Labute approximate surface area is 137 Å². The van der Waals surface area contributed by atoms with Gasteiger partial charge in [0.2, 0.25) is 0 Å². The van der Waals surface area contributed by atoms with Crippen LogP contribution in [0.25, 0.3) is 0 Å². The van der Waals surface area contributed by atoms with Crippen molar-refractivity contribution in [2.75, 3.05) is 0 Å². The summed E-state index contributed by atoms with van der Waals surface area (Å²) in [5.74, 6) is 0.509. The van der Waals surface area contributed by atoms with E-state index in [4.69, 9.17) is 0 Å². The van der Waals surface area contributed by atoms with Crippen LogP contribution in [0.2, 0.25) is 25.7 Å². The minimum atomic E-state index is -1.13. The van der Waals surface area contributed by atoms with E-state index in [9.17, 15) is 4.79 Å². The standard InChI is InChI=1S/C20H32OSi/c1-6-7-11-18(16-22(3,4)5)15-20(14-17(2)21)19-12-9-8-10-13-19/h8-10,12-13,15,20H,6-7,11,14,16H2,1-5H3/b18-15-. The van der Waals surface area contributed by atoms with Crippen molar-refractivity contribution in [2.24, 2.45) is 0 Å². The van der Waals surface area contributed by atoms with Crippen LogP contribution in [-0.4, -0.2) is 13.9 Å². The smallest absolute Gasteiger partial charge is 0.130 e. The average Bonchev–Trinajstić information content (AvgIpc) is 2.43. The second-order valence-electron chi connectivity index (χ2n) is 7.59.